The van der Waals surface area contributed by atoms with Crippen molar-refractivity contribution < 1.29 is 13.2 Å². The highest BCUT2D eigenvalue weighted by Crippen LogP contribution is 2.24. The van der Waals surface area contributed by atoms with Crippen LogP contribution < -0.4 is 10.0 Å². The molecule has 2 N–H and O–H groups in total. The van der Waals surface area contributed by atoms with Gasteiger partial charge < -0.3 is 10.2 Å². The zero-order chi connectivity index (χ0) is 17.0. The minimum atomic E-state index is -3.77. The first kappa shape index (κ1) is 17.9. The summed E-state index contributed by atoms with van der Waals surface area (Å²) < 4.78 is 27.0. The van der Waals surface area contributed by atoms with E-state index in [1.165, 1.54) is 6.92 Å². The maximum atomic E-state index is 12.3. The van der Waals surface area contributed by atoms with Crippen molar-refractivity contribution in [2.45, 2.75) is 17.3 Å². The summed E-state index contributed by atoms with van der Waals surface area (Å²) in [4.78, 5) is 14.0. The lowest BCUT2D eigenvalue weighted by Crippen LogP contribution is -2.34. The molecule has 0 fully saturated rings. The fourth-order valence-electron chi connectivity index (χ4n) is 1.79. The quantitative estimate of drug-likeness (QED) is 0.703. The van der Waals surface area contributed by atoms with Gasteiger partial charge in [0.15, 0.2) is 0 Å². The molecule has 0 aliphatic heterocycles. The maximum Gasteiger partial charge on any atom is 0.269 e. The number of nitrogens with zero attached hydrogens (tertiary/aromatic N) is 3. The second-order valence-corrected chi connectivity index (χ2v) is 8.80. The van der Waals surface area contributed by atoms with Gasteiger partial charge in [-0.3, -0.25) is 4.79 Å². The molecule has 11 heteroatoms. The fourth-order valence-corrected chi connectivity index (χ4v) is 4.74. The van der Waals surface area contributed by atoms with Crippen molar-refractivity contribution in [2.75, 3.05) is 26.0 Å². The number of hydrogen-bond acceptors (Lipinski definition) is 8. The van der Waals surface area contributed by atoms with Gasteiger partial charge in [-0.15, -0.1) is 21.5 Å². The molecule has 0 saturated carbocycles. The summed E-state index contributed by atoms with van der Waals surface area (Å²) in [5.74, 6) is -0.330. The van der Waals surface area contributed by atoms with Crippen molar-refractivity contribution in [3.8, 4) is 0 Å². The Labute approximate surface area is 142 Å². The largest absolute Gasteiger partial charge is 0.301 e. The molecule has 0 radical (unpaired) electrons. The van der Waals surface area contributed by atoms with Gasteiger partial charge in [-0.2, -0.15) is 0 Å². The maximum absolute atomic E-state index is 12.3. The Balaban J connectivity index is 2.08. The number of rotatable bonds is 7. The number of thiophene rings is 1. The van der Waals surface area contributed by atoms with Crippen LogP contribution in [0.15, 0.2) is 21.9 Å². The molecule has 2 rings (SSSR count). The molecule has 23 heavy (non-hydrogen) atoms. The number of carbonyl (C=O) groups is 1. The van der Waals surface area contributed by atoms with Gasteiger partial charge in [0.05, 0.1) is 6.04 Å². The van der Waals surface area contributed by atoms with Crippen LogP contribution in [0, 0.1) is 0 Å². The summed E-state index contributed by atoms with van der Waals surface area (Å²) in [5, 5.41) is 11.8. The first-order valence-electron chi connectivity index (χ1n) is 6.60. The van der Waals surface area contributed by atoms with Crippen molar-refractivity contribution in [1.82, 2.24) is 19.8 Å². The van der Waals surface area contributed by atoms with Gasteiger partial charge in [0.25, 0.3) is 10.0 Å². The number of anilines is 1. The summed E-state index contributed by atoms with van der Waals surface area (Å²) in [6.07, 6.45) is 0. The summed E-state index contributed by atoms with van der Waals surface area (Å²) in [6.45, 7) is 1.53. The first-order valence-corrected chi connectivity index (χ1v) is 9.78. The van der Waals surface area contributed by atoms with Gasteiger partial charge in [-0.05, 0) is 25.5 Å². The molecule has 2 aromatic rings. The fraction of sp³-hybridized carbons (Fsp3) is 0.417. The Bertz CT molecular complexity index is 755. The van der Waals surface area contributed by atoms with Crippen LogP contribution in [0.25, 0.3) is 0 Å². The summed E-state index contributed by atoms with van der Waals surface area (Å²) in [7, 11) is 0.00151. The third kappa shape index (κ3) is 4.78. The number of likely N-dealkylation sites (N-methyl/N-ethyl adjacent to an activating group) is 1. The molecule has 0 spiro atoms. The first-order chi connectivity index (χ1) is 10.8. The Kier molecular flexibility index (Phi) is 5.81. The van der Waals surface area contributed by atoms with Crippen LogP contribution >= 0.6 is 22.7 Å². The van der Waals surface area contributed by atoms with Crippen molar-refractivity contribution in [2.24, 2.45) is 0 Å². The number of amides is 1. The molecule has 2 aromatic heterocycles. The van der Waals surface area contributed by atoms with E-state index < -0.39 is 10.0 Å². The summed E-state index contributed by atoms with van der Waals surface area (Å²) in [6, 6.07) is 3.81. The van der Waals surface area contributed by atoms with E-state index in [1.54, 1.807) is 11.3 Å². The van der Waals surface area contributed by atoms with E-state index in [2.05, 4.69) is 20.2 Å². The minimum absolute atomic E-state index is 0.0764. The van der Waals surface area contributed by atoms with E-state index in [-0.39, 0.29) is 28.0 Å². The normalized spacial score (nSPS) is 13.2. The Hall–Kier alpha value is -1.40. The van der Waals surface area contributed by atoms with Gasteiger partial charge >= 0.3 is 0 Å². The molecule has 0 saturated heterocycles. The predicted octanol–water partition coefficient (Wildman–Crippen LogP) is 1.14. The van der Waals surface area contributed by atoms with Crippen molar-refractivity contribution >= 4 is 43.7 Å². The van der Waals surface area contributed by atoms with Crippen molar-refractivity contribution in [1.29, 1.82) is 0 Å². The summed E-state index contributed by atoms with van der Waals surface area (Å²) >= 11 is 2.38. The van der Waals surface area contributed by atoms with E-state index in [0.717, 1.165) is 16.2 Å². The molecule has 0 bridgehead atoms. The lowest BCUT2D eigenvalue weighted by molar-refractivity contribution is -0.114. The Morgan fingerprint density at radius 3 is 2.70 bits per heavy atom. The van der Waals surface area contributed by atoms with E-state index >= 15 is 0 Å². The molecule has 8 nitrogen and oxygen atoms in total. The van der Waals surface area contributed by atoms with Crippen LogP contribution in [0.4, 0.5) is 5.13 Å². The van der Waals surface area contributed by atoms with Gasteiger partial charge in [0.1, 0.15) is 0 Å². The van der Waals surface area contributed by atoms with Gasteiger partial charge in [0.2, 0.25) is 15.4 Å². The average molecular weight is 376 g/mol. The number of aromatic nitrogens is 2. The van der Waals surface area contributed by atoms with E-state index in [1.807, 2.05) is 36.5 Å². The second kappa shape index (κ2) is 7.45. The number of sulfonamides is 1. The average Bonchev–Trinajstić information content (AvgIpc) is 3.09. The lowest BCUT2D eigenvalue weighted by Gasteiger charge is -2.23. The highest BCUT2D eigenvalue weighted by atomic mass is 32.2. The standard InChI is InChI=1S/C12H17N5O3S3/c1-8(18)14-11-15-16-12(22-11)23(19,20)13-7-9(17(2)3)10-5-4-6-21-10/h4-6,9,13H,7H2,1-3H3,(H,14,15,18). The van der Waals surface area contributed by atoms with Crippen molar-refractivity contribution in [3.05, 3.63) is 22.4 Å². The second-order valence-electron chi connectivity index (χ2n) is 4.90. The molecule has 0 aromatic carbocycles. The number of hydrogen-bond donors (Lipinski definition) is 2. The zero-order valence-corrected chi connectivity index (χ0v) is 15.3. The van der Waals surface area contributed by atoms with Crippen LogP contribution in [0.2, 0.25) is 0 Å². The highest BCUT2D eigenvalue weighted by molar-refractivity contribution is 7.91. The number of nitrogens with one attached hydrogen (secondary N) is 2. The monoisotopic (exact) mass is 375 g/mol. The van der Waals surface area contributed by atoms with Crippen molar-refractivity contribution in [3.63, 3.8) is 0 Å². The molecular weight excluding hydrogens is 358 g/mol. The topological polar surface area (TPSA) is 104 Å². The number of carbonyl (C=O) groups excluding carboxylic acids is 1. The molecule has 0 aliphatic carbocycles. The van der Waals surface area contributed by atoms with Crippen LogP contribution in [0.1, 0.15) is 17.8 Å². The van der Waals surface area contributed by atoms with E-state index in [0.29, 0.717) is 0 Å². The molecular formula is C12H17N5O3S3. The molecule has 126 valence electrons. The SMILES string of the molecule is CC(=O)Nc1nnc(S(=O)(=O)NCC(c2cccs2)N(C)C)s1. The highest BCUT2D eigenvalue weighted by Gasteiger charge is 2.23. The Morgan fingerprint density at radius 1 is 1.39 bits per heavy atom. The van der Waals surface area contributed by atoms with Crippen LogP contribution in [-0.4, -0.2) is 50.1 Å². The predicted molar refractivity (Wildman–Crippen MR) is 90.1 cm³/mol. The Morgan fingerprint density at radius 2 is 2.13 bits per heavy atom. The van der Waals surface area contributed by atoms with Gasteiger partial charge in [-0.25, -0.2) is 13.1 Å². The minimum Gasteiger partial charge on any atom is -0.301 e. The smallest absolute Gasteiger partial charge is 0.269 e. The molecule has 0 aliphatic rings. The zero-order valence-electron chi connectivity index (χ0n) is 12.8. The third-order valence-electron chi connectivity index (χ3n) is 2.88. The third-order valence-corrected chi connectivity index (χ3v) is 6.48. The van der Waals surface area contributed by atoms with E-state index in [4.69, 9.17) is 0 Å². The molecule has 1 unspecified atom stereocenters. The summed E-state index contributed by atoms with van der Waals surface area (Å²) in [5.41, 5.74) is 0. The van der Waals surface area contributed by atoms with E-state index in [9.17, 15) is 13.2 Å². The molecule has 1 amide bonds. The van der Waals surface area contributed by atoms with Crippen LogP contribution in [0.3, 0.4) is 0 Å². The van der Waals surface area contributed by atoms with Crippen LogP contribution in [0.5, 0.6) is 0 Å². The van der Waals surface area contributed by atoms with Crippen LogP contribution in [-0.2, 0) is 14.8 Å². The molecule has 1 atom stereocenters. The molecule has 2 heterocycles. The van der Waals surface area contributed by atoms with Gasteiger partial charge in [-0.1, -0.05) is 17.4 Å². The lowest BCUT2D eigenvalue weighted by atomic mass is 10.2. The van der Waals surface area contributed by atoms with Gasteiger partial charge in [0, 0.05) is 18.3 Å².